The molecule has 2 aromatic carbocycles. The molecular formula is C28H31FN6O2. The summed E-state index contributed by atoms with van der Waals surface area (Å²) in [6.45, 7) is 7.32. The highest BCUT2D eigenvalue weighted by Crippen LogP contribution is 2.35. The molecule has 0 radical (unpaired) electrons. The lowest BCUT2D eigenvalue weighted by Gasteiger charge is -2.32. The fourth-order valence-corrected chi connectivity index (χ4v) is 5.35. The molecule has 192 valence electrons. The maximum Gasteiger partial charge on any atom is 0.159 e. The molecule has 1 saturated heterocycles. The Morgan fingerprint density at radius 3 is 2.89 bits per heavy atom. The number of fused-ring (bicyclic) bond motifs is 1. The fraction of sp³-hybridized carbons (Fsp3) is 0.357. The van der Waals surface area contributed by atoms with Gasteiger partial charge in [0.15, 0.2) is 11.6 Å². The zero-order valence-electron chi connectivity index (χ0n) is 20.9. The van der Waals surface area contributed by atoms with Gasteiger partial charge < -0.3 is 20.1 Å². The van der Waals surface area contributed by atoms with Gasteiger partial charge in [0.2, 0.25) is 0 Å². The van der Waals surface area contributed by atoms with Crippen LogP contribution in [0.2, 0.25) is 0 Å². The van der Waals surface area contributed by atoms with Crippen molar-refractivity contribution < 1.29 is 14.2 Å². The average molecular weight is 503 g/mol. The molecule has 1 atom stereocenters. The number of aromatic nitrogens is 4. The van der Waals surface area contributed by atoms with Crippen LogP contribution in [-0.2, 0) is 11.2 Å². The predicted octanol–water partition coefficient (Wildman–Crippen LogP) is 4.10. The molecule has 0 bridgehead atoms. The van der Waals surface area contributed by atoms with Gasteiger partial charge in [-0.3, -0.25) is 10.00 Å². The Hall–Kier alpha value is -3.53. The Morgan fingerprint density at radius 1 is 1.22 bits per heavy atom. The molecule has 8 nitrogen and oxygen atoms in total. The van der Waals surface area contributed by atoms with E-state index in [0.717, 1.165) is 62.6 Å². The number of nitrogens with zero attached hydrogens (tertiary/aromatic N) is 3. The summed E-state index contributed by atoms with van der Waals surface area (Å²) in [5, 5.41) is 21.3. The first-order valence-electron chi connectivity index (χ1n) is 12.9. The number of aryl methyl sites for hydroxylation is 1. The third-order valence-electron chi connectivity index (χ3n) is 7.35. The Labute approximate surface area is 214 Å². The monoisotopic (exact) mass is 502 g/mol. The molecule has 2 aromatic heterocycles. The maximum absolute atomic E-state index is 15.6. The van der Waals surface area contributed by atoms with Crippen LogP contribution >= 0.6 is 0 Å². The molecule has 4 heterocycles. The molecule has 37 heavy (non-hydrogen) atoms. The standard InChI is InChI=1S/C28H31FN6O2/c1-2-17-13-20(36)3-4-21(17)22-5-6-23-26(25(22)29)33-34-27(23)28-31-14-24(32-28)18-7-10-35(11-8-18)15-19-16-37-12-9-30-19/h3-7,13-14,19,30,36H,2,8-12,15-16H2,1H3,(H,31,32)(H,33,34)/t19-/m0/s1. The molecule has 6 rings (SSSR count). The highest BCUT2D eigenvalue weighted by molar-refractivity contribution is 5.94. The molecule has 0 aliphatic carbocycles. The molecule has 0 spiro atoms. The number of ether oxygens (including phenoxy) is 1. The number of rotatable bonds is 6. The van der Waals surface area contributed by atoms with E-state index in [1.807, 2.05) is 19.2 Å². The van der Waals surface area contributed by atoms with Crippen molar-refractivity contribution in [3.8, 4) is 28.4 Å². The lowest BCUT2D eigenvalue weighted by atomic mass is 9.96. The molecule has 1 fully saturated rings. The molecule has 2 aliphatic rings. The van der Waals surface area contributed by atoms with Gasteiger partial charge in [-0.25, -0.2) is 9.37 Å². The Morgan fingerprint density at radius 2 is 2.11 bits per heavy atom. The van der Waals surface area contributed by atoms with Crippen molar-refractivity contribution in [3.05, 3.63) is 59.7 Å². The topological polar surface area (TPSA) is 102 Å². The van der Waals surface area contributed by atoms with Gasteiger partial charge in [0.05, 0.1) is 25.1 Å². The smallest absolute Gasteiger partial charge is 0.159 e. The number of phenolic OH excluding ortho intramolecular Hbond substituents is 1. The van der Waals surface area contributed by atoms with E-state index in [0.29, 0.717) is 34.9 Å². The summed E-state index contributed by atoms with van der Waals surface area (Å²) in [6.07, 6.45) is 5.71. The van der Waals surface area contributed by atoms with Gasteiger partial charge in [-0.05, 0) is 47.7 Å². The second-order valence-corrected chi connectivity index (χ2v) is 9.73. The van der Waals surface area contributed by atoms with E-state index in [2.05, 4.69) is 36.5 Å². The lowest BCUT2D eigenvalue weighted by Crippen LogP contribution is -2.49. The first-order valence-corrected chi connectivity index (χ1v) is 12.9. The number of halogens is 1. The number of morpholine rings is 1. The largest absolute Gasteiger partial charge is 0.508 e. The van der Waals surface area contributed by atoms with E-state index in [1.165, 1.54) is 5.57 Å². The van der Waals surface area contributed by atoms with Crippen molar-refractivity contribution >= 4 is 16.5 Å². The number of H-pyrrole nitrogens is 2. The Bertz CT molecular complexity index is 1450. The van der Waals surface area contributed by atoms with Gasteiger partial charge in [-0.2, -0.15) is 5.10 Å². The molecule has 9 heteroatoms. The van der Waals surface area contributed by atoms with E-state index in [9.17, 15) is 5.11 Å². The molecular weight excluding hydrogens is 471 g/mol. The van der Waals surface area contributed by atoms with Gasteiger partial charge in [0.1, 0.15) is 17.0 Å². The SMILES string of the molecule is CCc1cc(O)ccc1-c1ccc2c(-c3ncc(C4=CCN(C[C@H]5COCCN5)CC4)[nH]3)[nH]nc2c1F. The summed E-state index contributed by atoms with van der Waals surface area (Å²) in [5.41, 5.74) is 5.25. The van der Waals surface area contributed by atoms with Crippen LogP contribution in [0.15, 0.2) is 42.6 Å². The second kappa shape index (κ2) is 10.1. The van der Waals surface area contributed by atoms with Gasteiger partial charge >= 0.3 is 0 Å². The normalized spacial score (nSPS) is 18.9. The molecule has 4 aromatic rings. The Balaban J connectivity index is 1.23. The number of hydrogen-bond acceptors (Lipinski definition) is 6. The van der Waals surface area contributed by atoms with Crippen molar-refractivity contribution in [1.29, 1.82) is 0 Å². The summed E-state index contributed by atoms with van der Waals surface area (Å²) in [6, 6.07) is 9.06. The van der Waals surface area contributed by atoms with Crippen molar-refractivity contribution in [2.45, 2.75) is 25.8 Å². The van der Waals surface area contributed by atoms with Crippen molar-refractivity contribution in [2.24, 2.45) is 0 Å². The zero-order valence-corrected chi connectivity index (χ0v) is 20.9. The van der Waals surface area contributed by atoms with Crippen LogP contribution < -0.4 is 5.32 Å². The van der Waals surface area contributed by atoms with Crippen LogP contribution in [0.4, 0.5) is 4.39 Å². The predicted molar refractivity (Wildman–Crippen MR) is 142 cm³/mol. The van der Waals surface area contributed by atoms with Gasteiger partial charge in [0.25, 0.3) is 0 Å². The molecule has 2 aliphatic heterocycles. The maximum atomic E-state index is 15.6. The molecule has 0 amide bonds. The van der Waals surface area contributed by atoms with Gasteiger partial charge in [-0.1, -0.05) is 25.1 Å². The van der Waals surface area contributed by atoms with Crippen LogP contribution in [0.5, 0.6) is 5.75 Å². The summed E-state index contributed by atoms with van der Waals surface area (Å²) in [4.78, 5) is 10.4. The van der Waals surface area contributed by atoms with E-state index >= 15 is 4.39 Å². The third-order valence-corrected chi connectivity index (χ3v) is 7.35. The number of aromatic amines is 2. The van der Waals surface area contributed by atoms with E-state index in [-0.39, 0.29) is 17.1 Å². The van der Waals surface area contributed by atoms with Crippen LogP contribution in [0.1, 0.15) is 24.6 Å². The molecule has 4 N–H and O–H groups in total. The number of benzene rings is 2. The van der Waals surface area contributed by atoms with Crippen LogP contribution in [-0.4, -0.2) is 75.6 Å². The van der Waals surface area contributed by atoms with Crippen LogP contribution in [0.25, 0.3) is 39.1 Å². The van der Waals surface area contributed by atoms with E-state index in [1.54, 1.807) is 24.3 Å². The van der Waals surface area contributed by atoms with Gasteiger partial charge in [0, 0.05) is 43.2 Å². The summed E-state index contributed by atoms with van der Waals surface area (Å²) in [7, 11) is 0. The number of phenols is 1. The summed E-state index contributed by atoms with van der Waals surface area (Å²) >= 11 is 0. The molecule has 0 unspecified atom stereocenters. The fourth-order valence-electron chi connectivity index (χ4n) is 5.35. The van der Waals surface area contributed by atoms with Gasteiger partial charge in [-0.15, -0.1) is 0 Å². The molecule has 0 saturated carbocycles. The Kier molecular flexibility index (Phi) is 6.50. The highest BCUT2D eigenvalue weighted by Gasteiger charge is 2.22. The minimum absolute atomic E-state index is 0.175. The number of imidazole rings is 1. The van der Waals surface area contributed by atoms with Crippen LogP contribution in [0, 0.1) is 5.82 Å². The number of hydrogen-bond donors (Lipinski definition) is 4. The van der Waals surface area contributed by atoms with E-state index < -0.39 is 0 Å². The first kappa shape index (κ1) is 23.8. The third kappa shape index (κ3) is 4.66. The van der Waals surface area contributed by atoms with Crippen molar-refractivity contribution in [2.75, 3.05) is 39.4 Å². The summed E-state index contributed by atoms with van der Waals surface area (Å²) in [5.74, 6) is 0.421. The quantitative estimate of drug-likeness (QED) is 0.317. The average Bonchev–Trinajstić information content (AvgIpc) is 3.58. The number of nitrogens with one attached hydrogen (secondary N) is 3. The number of aromatic hydroxyl groups is 1. The lowest BCUT2D eigenvalue weighted by molar-refractivity contribution is 0.0634. The van der Waals surface area contributed by atoms with E-state index in [4.69, 9.17) is 4.74 Å². The minimum atomic E-state index is -0.389. The second-order valence-electron chi connectivity index (χ2n) is 9.73. The zero-order chi connectivity index (χ0) is 25.4. The van der Waals surface area contributed by atoms with Crippen molar-refractivity contribution in [1.82, 2.24) is 30.4 Å². The highest BCUT2D eigenvalue weighted by atomic mass is 19.1. The van der Waals surface area contributed by atoms with Crippen molar-refractivity contribution in [3.63, 3.8) is 0 Å². The van der Waals surface area contributed by atoms with Crippen LogP contribution in [0.3, 0.4) is 0 Å². The summed E-state index contributed by atoms with van der Waals surface area (Å²) < 4.78 is 21.2. The first-order chi connectivity index (χ1) is 18.1. The minimum Gasteiger partial charge on any atom is -0.508 e.